The van der Waals surface area contributed by atoms with E-state index in [1.807, 2.05) is 24.3 Å². The van der Waals surface area contributed by atoms with E-state index in [2.05, 4.69) is 17.1 Å². The molecule has 3 aromatic rings. The van der Waals surface area contributed by atoms with Crippen LogP contribution in [-0.2, 0) is 0 Å². The number of benzene rings is 2. The number of aldehydes is 1. The van der Waals surface area contributed by atoms with Crippen molar-refractivity contribution in [2.24, 2.45) is 0 Å². The van der Waals surface area contributed by atoms with Gasteiger partial charge in [0.1, 0.15) is 0 Å². The fourth-order valence-electron chi connectivity index (χ4n) is 1.72. The maximum atomic E-state index is 10.7. The second-order valence-corrected chi connectivity index (χ2v) is 4.34. The molecule has 0 saturated heterocycles. The van der Waals surface area contributed by atoms with Gasteiger partial charge in [0, 0.05) is 5.39 Å². The van der Waals surface area contributed by atoms with E-state index >= 15 is 0 Å². The van der Waals surface area contributed by atoms with E-state index in [9.17, 15) is 4.79 Å². The average Bonchev–Trinajstić information content (AvgIpc) is 2.72. The van der Waals surface area contributed by atoms with Gasteiger partial charge in [0.05, 0.1) is 10.2 Å². The Balaban J connectivity index is 2.52. The molecule has 0 aliphatic rings. The zero-order valence-electron chi connectivity index (χ0n) is 7.81. The van der Waals surface area contributed by atoms with Crippen molar-refractivity contribution in [2.45, 2.75) is 0 Å². The van der Waals surface area contributed by atoms with Crippen molar-refractivity contribution in [2.75, 3.05) is 0 Å². The Morgan fingerprint density at radius 1 is 1.13 bits per heavy atom. The maximum absolute atomic E-state index is 10.7. The van der Waals surface area contributed by atoms with Gasteiger partial charge in [-0.15, -0.1) is 11.3 Å². The van der Waals surface area contributed by atoms with E-state index in [-0.39, 0.29) is 0 Å². The van der Waals surface area contributed by atoms with Crippen LogP contribution in [0.3, 0.4) is 0 Å². The molecule has 0 spiro atoms. The number of nitrogens with zero attached hydrogens (tertiary/aromatic N) is 1. The molecule has 1 heterocycles. The quantitative estimate of drug-likeness (QED) is 0.581. The molecule has 0 amide bonds. The first-order valence-electron chi connectivity index (χ1n) is 4.62. The van der Waals surface area contributed by atoms with E-state index in [0.717, 1.165) is 16.5 Å². The predicted molar refractivity (Wildman–Crippen MR) is 62.5 cm³/mol. The third-order valence-electron chi connectivity index (χ3n) is 2.40. The molecule has 3 rings (SSSR count). The smallest absolute Gasteiger partial charge is 0.178 e. The second kappa shape index (κ2) is 3.14. The SMILES string of the molecule is O=Cc1nc2ccc3ccccc3c2s1. The third kappa shape index (κ3) is 1.24. The minimum Gasteiger partial charge on any atom is -0.295 e. The van der Waals surface area contributed by atoms with Gasteiger partial charge in [0.15, 0.2) is 11.3 Å². The Kier molecular flexibility index (Phi) is 1.79. The summed E-state index contributed by atoms with van der Waals surface area (Å²) in [4.78, 5) is 14.9. The number of fused-ring (bicyclic) bond motifs is 3. The summed E-state index contributed by atoms with van der Waals surface area (Å²) in [5.74, 6) is 0. The molecule has 1 aromatic heterocycles. The van der Waals surface area contributed by atoms with Gasteiger partial charge in [-0.3, -0.25) is 4.79 Å². The Bertz CT molecular complexity index is 657. The Morgan fingerprint density at radius 3 is 2.87 bits per heavy atom. The zero-order valence-corrected chi connectivity index (χ0v) is 8.62. The first-order valence-corrected chi connectivity index (χ1v) is 5.43. The van der Waals surface area contributed by atoms with Crippen LogP contribution in [0.2, 0.25) is 0 Å². The molecule has 0 fully saturated rings. The minimum absolute atomic E-state index is 0.543. The van der Waals surface area contributed by atoms with Crippen LogP contribution in [0.25, 0.3) is 21.0 Å². The molecule has 0 aliphatic heterocycles. The predicted octanol–water partition coefficient (Wildman–Crippen LogP) is 3.26. The van der Waals surface area contributed by atoms with Crippen molar-refractivity contribution in [3.63, 3.8) is 0 Å². The lowest BCUT2D eigenvalue weighted by molar-refractivity contribution is 0.112. The summed E-state index contributed by atoms with van der Waals surface area (Å²) in [5, 5.41) is 2.90. The highest BCUT2D eigenvalue weighted by Crippen LogP contribution is 2.29. The van der Waals surface area contributed by atoms with Crippen LogP contribution >= 0.6 is 11.3 Å². The van der Waals surface area contributed by atoms with Gasteiger partial charge in [-0.1, -0.05) is 30.3 Å². The first kappa shape index (κ1) is 8.56. The molecule has 0 radical (unpaired) electrons. The number of hydrogen-bond acceptors (Lipinski definition) is 3. The molecule has 72 valence electrons. The van der Waals surface area contributed by atoms with Gasteiger partial charge in [-0.2, -0.15) is 0 Å². The van der Waals surface area contributed by atoms with Crippen LogP contribution in [0.5, 0.6) is 0 Å². The molecular weight excluding hydrogens is 206 g/mol. The summed E-state index contributed by atoms with van der Waals surface area (Å²) in [5.41, 5.74) is 0.904. The van der Waals surface area contributed by atoms with Crippen LogP contribution in [-0.4, -0.2) is 11.3 Å². The van der Waals surface area contributed by atoms with E-state index in [0.29, 0.717) is 5.01 Å². The van der Waals surface area contributed by atoms with Gasteiger partial charge in [0.25, 0.3) is 0 Å². The number of rotatable bonds is 1. The van der Waals surface area contributed by atoms with Gasteiger partial charge >= 0.3 is 0 Å². The van der Waals surface area contributed by atoms with Gasteiger partial charge in [-0.25, -0.2) is 4.98 Å². The highest BCUT2D eigenvalue weighted by atomic mass is 32.1. The summed E-state index contributed by atoms with van der Waals surface area (Å²) < 4.78 is 1.09. The molecule has 15 heavy (non-hydrogen) atoms. The Labute approximate surface area is 90.2 Å². The highest BCUT2D eigenvalue weighted by molar-refractivity contribution is 7.20. The monoisotopic (exact) mass is 213 g/mol. The highest BCUT2D eigenvalue weighted by Gasteiger charge is 2.05. The average molecular weight is 213 g/mol. The number of hydrogen-bond donors (Lipinski definition) is 0. The van der Waals surface area contributed by atoms with Gasteiger partial charge < -0.3 is 0 Å². The van der Waals surface area contributed by atoms with E-state index in [1.54, 1.807) is 0 Å². The number of aromatic nitrogens is 1. The van der Waals surface area contributed by atoms with E-state index < -0.39 is 0 Å². The molecule has 0 bridgehead atoms. The van der Waals surface area contributed by atoms with Crippen molar-refractivity contribution in [1.29, 1.82) is 0 Å². The number of carbonyl (C=O) groups is 1. The first-order chi connectivity index (χ1) is 7.38. The van der Waals surface area contributed by atoms with Crippen LogP contribution < -0.4 is 0 Å². The van der Waals surface area contributed by atoms with Crippen LogP contribution in [0.1, 0.15) is 9.80 Å². The van der Waals surface area contributed by atoms with Crippen molar-refractivity contribution in [3.05, 3.63) is 41.4 Å². The lowest BCUT2D eigenvalue weighted by Gasteiger charge is -1.96. The van der Waals surface area contributed by atoms with Crippen molar-refractivity contribution < 1.29 is 4.79 Å². The normalized spacial score (nSPS) is 10.9. The summed E-state index contributed by atoms with van der Waals surface area (Å²) in [7, 11) is 0. The third-order valence-corrected chi connectivity index (χ3v) is 3.43. The fourth-order valence-corrected chi connectivity index (χ4v) is 2.64. The number of thiazole rings is 1. The second-order valence-electron chi connectivity index (χ2n) is 3.30. The molecule has 2 nitrogen and oxygen atoms in total. The molecule has 0 unspecified atom stereocenters. The standard InChI is InChI=1S/C12H7NOS/c14-7-11-13-10-6-5-8-3-1-2-4-9(8)12(10)15-11/h1-7H. The molecule has 0 aliphatic carbocycles. The maximum Gasteiger partial charge on any atom is 0.178 e. The zero-order chi connectivity index (χ0) is 10.3. The van der Waals surface area contributed by atoms with Crippen molar-refractivity contribution in [3.8, 4) is 0 Å². The molecule has 0 atom stereocenters. The van der Waals surface area contributed by atoms with Crippen molar-refractivity contribution >= 4 is 38.6 Å². The topological polar surface area (TPSA) is 30.0 Å². The lowest BCUT2D eigenvalue weighted by Crippen LogP contribution is -1.74. The van der Waals surface area contributed by atoms with Crippen LogP contribution in [0.15, 0.2) is 36.4 Å². The molecule has 3 heteroatoms. The largest absolute Gasteiger partial charge is 0.295 e. The van der Waals surface area contributed by atoms with E-state index in [4.69, 9.17) is 0 Å². The number of carbonyl (C=O) groups excluding carboxylic acids is 1. The minimum atomic E-state index is 0.543. The molecular formula is C12H7NOS. The Hall–Kier alpha value is -1.74. The fraction of sp³-hybridized carbons (Fsp3) is 0. The molecule has 2 aromatic carbocycles. The summed E-state index contributed by atoms with van der Waals surface area (Å²) in [6.45, 7) is 0. The van der Waals surface area contributed by atoms with Gasteiger partial charge in [0.2, 0.25) is 0 Å². The Morgan fingerprint density at radius 2 is 2.00 bits per heavy atom. The summed E-state index contributed by atoms with van der Waals surface area (Å²) in [6, 6.07) is 12.1. The van der Waals surface area contributed by atoms with Crippen LogP contribution in [0, 0.1) is 0 Å². The molecule has 0 saturated carbocycles. The summed E-state index contributed by atoms with van der Waals surface area (Å²) >= 11 is 1.45. The van der Waals surface area contributed by atoms with E-state index in [1.165, 1.54) is 22.1 Å². The van der Waals surface area contributed by atoms with Crippen molar-refractivity contribution in [1.82, 2.24) is 4.98 Å². The lowest BCUT2D eigenvalue weighted by atomic mass is 10.1. The van der Waals surface area contributed by atoms with Crippen LogP contribution in [0.4, 0.5) is 0 Å². The molecule has 0 N–H and O–H groups in total. The van der Waals surface area contributed by atoms with Gasteiger partial charge in [-0.05, 0) is 11.5 Å². The summed E-state index contributed by atoms with van der Waals surface area (Å²) in [6.07, 6.45) is 0.805.